The van der Waals surface area contributed by atoms with Gasteiger partial charge in [0.1, 0.15) is 5.75 Å². The summed E-state index contributed by atoms with van der Waals surface area (Å²) in [5.41, 5.74) is 1.46. The van der Waals surface area contributed by atoms with Gasteiger partial charge in [0.15, 0.2) is 5.75 Å². The normalized spacial score (nSPS) is 20.1. The highest BCUT2D eigenvalue weighted by Crippen LogP contribution is 2.36. The summed E-state index contributed by atoms with van der Waals surface area (Å²) in [6.07, 6.45) is 0.835. The summed E-state index contributed by atoms with van der Waals surface area (Å²) in [6.45, 7) is 3.84. The van der Waals surface area contributed by atoms with Crippen LogP contribution < -0.4 is 10.1 Å². The molecule has 0 saturated carbocycles. The van der Waals surface area contributed by atoms with Gasteiger partial charge in [0.05, 0.1) is 23.8 Å². The molecule has 2 fully saturated rings. The van der Waals surface area contributed by atoms with Crippen LogP contribution in [0.2, 0.25) is 0 Å². The maximum atomic E-state index is 13.5. The number of morpholine rings is 1. The quantitative estimate of drug-likeness (QED) is 0.325. The Balaban J connectivity index is 1.42. The molecule has 2 heterocycles. The molecule has 2 aliphatic heterocycles. The van der Waals surface area contributed by atoms with E-state index < -0.39 is 10.0 Å². The van der Waals surface area contributed by atoms with Crippen molar-refractivity contribution in [3.05, 3.63) is 81.2 Å². The van der Waals surface area contributed by atoms with Gasteiger partial charge in [-0.15, -0.1) is 0 Å². The van der Waals surface area contributed by atoms with E-state index >= 15 is 0 Å². The fraction of sp³-hybridized carbons (Fsp3) is 0.321. The molecule has 3 aromatic rings. The molecule has 2 unspecified atom stereocenters. The predicted molar refractivity (Wildman–Crippen MR) is 157 cm³/mol. The Bertz CT molecular complexity index is 1450. The zero-order valence-corrected chi connectivity index (χ0v) is 25.3. The minimum Gasteiger partial charge on any atom is -0.455 e. The van der Waals surface area contributed by atoms with Gasteiger partial charge in [-0.25, -0.2) is 13.2 Å². The van der Waals surface area contributed by atoms with Crippen molar-refractivity contribution in [2.75, 3.05) is 38.2 Å². The molecular weight excluding hydrogens is 650 g/mol. The highest BCUT2D eigenvalue weighted by Gasteiger charge is 2.34. The number of urea groups is 1. The van der Waals surface area contributed by atoms with Gasteiger partial charge in [-0.1, -0.05) is 50.1 Å². The second-order valence-corrected chi connectivity index (χ2v) is 13.4. The topological polar surface area (TPSA) is 88.2 Å². The molecule has 0 aromatic heterocycles. The van der Waals surface area contributed by atoms with Crippen LogP contribution in [0.1, 0.15) is 24.8 Å². The lowest BCUT2D eigenvalue weighted by Crippen LogP contribution is -2.40. The molecule has 5 rings (SSSR count). The van der Waals surface area contributed by atoms with Crippen LogP contribution in [0.3, 0.4) is 0 Å². The zero-order valence-electron chi connectivity index (χ0n) is 21.3. The van der Waals surface area contributed by atoms with Crippen LogP contribution in [0.4, 0.5) is 10.5 Å². The maximum absolute atomic E-state index is 13.5. The van der Waals surface area contributed by atoms with Crippen LogP contribution in [0.5, 0.6) is 11.5 Å². The van der Waals surface area contributed by atoms with Crippen molar-refractivity contribution in [3.8, 4) is 11.5 Å². The maximum Gasteiger partial charge on any atom is 0.322 e. The van der Waals surface area contributed by atoms with Crippen LogP contribution in [-0.2, 0) is 14.8 Å². The molecule has 206 valence electrons. The highest BCUT2D eigenvalue weighted by molar-refractivity contribution is 9.10. The number of nitrogens with one attached hydrogen (secondary N) is 1. The standard InChI is InChI=1S/C28H29Br2N3O5S/c1-19-15-21(20-5-7-22(29)8-6-20)18-33(19)28(34)31-26-17-25(39(35,36)32-11-13-37-14-12-32)9-10-27(26)38-24-4-2-3-23(30)16-24/h2-10,16-17,19,21H,11-15,18H2,1H3,(H,31,34). The fourth-order valence-corrected chi connectivity index (χ4v) is 7.00. The first-order valence-electron chi connectivity index (χ1n) is 12.7. The van der Waals surface area contributed by atoms with Crippen molar-refractivity contribution < 1.29 is 22.7 Å². The van der Waals surface area contributed by atoms with Crippen LogP contribution in [0.15, 0.2) is 80.6 Å². The molecule has 2 amide bonds. The number of nitrogens with zero attached hydrogens (tertiary/aromatic N) is 2. The van der Waals surface area contributed by atoms with E-state index in [-0.39, 0.29) is 41.7 Å². The summed E-state index contributed by atoms with van der Waals surface area (Å²) < 4.78 is 41.4. The summed E-state index contributed by atoms with van der Waals surface area (Å²) in [5.74, 6) is 1.11. The molecule has 11 heteroatoms. The average Bonchev–Trinajstić information content (AvgIpc) is 3.32. The molecular formula is C28H29Br2N3O5S. The SMILES string of the molecule is CC1CC(c2ccc(Br)cc2)CN1C(=O)Nc1cc(S(=O)(=O)N2CCOCC2)ccc1Oc1cccc(Br)c1. The van der Waals surface area contributed by atoms with Gasteiger partial charge in [-0.05, 0) is 67.4 Å². The second kappa shape index (κ2) is 12.0. The summed E-state index contributed by atoms with van der Waals surface area (Å²) in [6, 6.07) is 19.8. The molecule has 2 aliphatic rings. The number of hydrogen-bond donors (Lipinski definition) is 1. The summed E-state index contributed by atoms with van der Waals surface area (Å²) >= 11 is 6.92. The van der Waals surface area contributed by atoms with Crippen molar-refractivity contribution in [2.24, 2.45) is 0 Å². The van der Waals surface area contributed by atoms with Crippen molar-refractivity contribution in [1.29, 1.82) is 0 Å². The third kappa shape index (κ3) is 6.49. The van der Waals surface area contributed by atoms with Crippen LogP contribution in [-0.4, -0.2) is 62.5 Å². The summed E-state index contributed by atoms with van der Waals surface area (Å²) in [7, 11) is -3.77. The molecule has 0 bridgehead atoms. The van der Waals surface area contributed by atoms with Gasteiger partial charge in [0.2, 0.25) is 10.0 Å². The van der Waals surface area contributed by atoms with E-state index in [0.29, 0.717) is 31.3 Å². The van der Waals surface area contributed by atoms with Gasteiger partial charge in [-0.3, -0.25) is 0 Å². The van der Waals surface area contributed by atoms with Gasteiger partial charge >= 0.3 is 6.03 Å². The molecule has 8 nitrogen and oxygen atoms in total. The van der Waals surface area contributed by atoms with Crippen molar-refractivity contribution in [2.45, 2.75) is 30.2 Å². The number of likely N-dealkylation sites (tertiary alicyclic amines) is 1. The van der Waals surface area contributed by atoms with Crippen molar-refractivity contribution in [3.63, 3.8) is 0 Å². The van der Waals surface area contributed by atoms with Crippen LogP contribution >= 0.6 is 31.9 Å². The Kier molecular flexibility index (Phi) is 8.63. The number of sulfonamides is 1. The molecule has 2 atom stereocenters. The van der Waals surface area contributed by atoms with E-state index in [1.807, 2.05) is 31.2 Å². The molecule has 0 spiro atoms. The van der Waals surface area contributed by atoms with E-state index in [4.69, 9.17) is 9.47 Å². The second-order valence-electron chi connectivity index (χ2n) is 9.65. The lowest BCUT2D eigenvalue weighted by molar-refractivity contribution is 0.0730. The minimum absolute atomic E-state index is 0.00774. The summed E-state index contributed by atoms with van der Waals surface area (Å²) in [4.78, 5) is 15.4. The van der Waals surface area contributed by atoms with E-state index in [0.717, 1.165) is 15.4 Å². The van der Waals surface area contributed by atoms with E-state index in [2.05, 4.69) is 49.3 Å². The number of ether oxygens (including phenoxy) is 2. The zero-order chi connectivity index (χ0) is 27.6. The monoisotopic (exact) mass is 677 g/mol. The highest BCUT2D eigenvalue weighted by atomic mass is 79.9. The smallest absolute Gasteiger partial charge is 0.322 e. The average molecular weight is 679 g/mol. The first-order valence-corrected chi connectivity index (χ1v) is 15.7. The lowest BCUT2D eigenvalue weighted by atomic mass is 9.97. The molecule has 2 saturated heterocycles. The Hall–Kier alpha value is -2.44. The van der Waals surface area contributed by atoms with E-state index in [1.165, 1.54) is 22.0 Å². The van der Waals surface area contributed by atoms with Gasteiger partial charge in [0.25, 0.3) is 0 Å². The number of carbonyl (C=O) groups excluding carboxylic acids is 1. The molecule has 0 radical (unpaired) electrons. The molecule has 0 aliphatic carbocycles. The van der Waals surface area contributed by atoms with Crippen molar-refractivity contribution in [1.82, 2.24) is 9.21 Å². The Morgan fingerprint density at radius 1 is 1.00 bits per heavy atom. The molecule has 39 heavy (non-hydrogen) atoms. The van der Waals surface area contributed by atoms with Gasteiger partial charge in [0, 0.05) is 40.5 Å². The van der Waals surface area contributed by atoms with Gasteiger partial charge in [-0.2, -0.15) is 4.31 Å². The summed E-state index contributed by atoms with van der Waals surface area (Å²) in [5, 5.41) is 2.95. The first-order chi connectivity index (χ1) is 18.7. The van der Waals surface area contributed by atoms with Crippen molar-refractivity contribution >= 4 is 53.6 Å². The number of anilines is 1. The van der Waals surface area contributed by atoms with E-state index in [1.54, 1.807) is 23.1 Å². The minimum atomic E-state index is -3.77. The lowest BCUT2D eigenvalue weighted by Gasteiger charge is -2.27. The number of rotatable bonds is 6. The van der Waals surface area contributed by atoms with Crippen LogP contribution in [0.25, 0.3) is 0 Å². The van der Waals surface area contributed by atoms with Crippen LogP contribution in [0, 0.1) is 0 Å². The largest absolute Gasteiger partial charge is 0.455 e. The first kappa shape index (κ1) is 28.1. The fourth-order valence-electron chi connectivity index (χ4n) is 4.93. The predicted octanol–water partition coefficient (Wildman–Crippen LogP) is 6.43. The van der Waals surface area contributed by atoms with Gasteiger partial charge < -0.3 is 19.7 Å². The molecule has 1 N–H and O–H groups in total. The third-order valence-electron chi connectivity index (χ3n) is 7.00. The number of halogens is 2. The number of hydrogen-bond acceptors (Lipinski definition) is 5. The molecule has 3 aromatic carbocycles. The Morgan fingerprint density at radius 2 is 1.74 bits per heavy atom. The number of benzene rings is 3. The third-order valence-corrected chi connectivity index (χ3v) is 9.92. The Labute approximate surface area is 245 Å². The Morgan fingerprint density at radius 3 is 2.46 bits per heavy atom. The number of amides is 2. The van der Waals surface area contributed by atoms with E-state index in [9.17, 15) is 13.2 Å². The number of carbonyl (C=O) groups is 1.